The van der Waals surface area contributed by atoms with Gasteiger partial charge < -0.3 is 25.0 Å². The minimum atomic E-state index is -0.407. The maximum atomic E-state index is 13.5. The molecule has 8 nitrogen and oxygen atoms in total. The first-order valence-corrected chi connectivity index (χ1v) is 12.3. The maximum absolute atomic E-state index is 13.5. The Labute approximate surface area is 213 Å². The summed E-state index contributed by atoms with van der Waals surface area (Å²) in [6.45, 7) is 8.10. The van der Waals surface area contributed by atoms with Crippen LogP contribution < -0.4 is 10.1 Å². The Balaban J connectivity index is 1.90. The highest BCUT2D eigenvalue weighted by Gasteiger charge is 2.34. The van der Waals surface area contributed by atoms with Gasteiger partial charge in [0.25, 0.3) is 5.91 Å². The molecule has 192 valence electrons. The molecule has 0 fully saturated rings. The number of likely N-dealkylation sites (N-methyl/N-ethyl adjacent to an activating group) is 1. The number of aliphatic hydroxyl groups excluding tert-OH is 1. The number of hydrogen-bond acceptors (Lipinski definition) is 5. The Bertz CT molecular complexity index is 1110. The van der Waals surface area contributed by atoms with Crippen LogP contribution in [0.1, 0.15) is 49.2 Å². The van der Waals surface area contributed by atoms with Crippen molar-refractivity contribution in [3.63, 3.8) is 0 Å². The molecule has 0 unspecified atom stereocenters. The molecule has 2 aromatic rings. The first-order valence-electron chi connectivity index (χ1n) is 12.3. The van der Waals surface area contributed by atoms with Gasteiger partial charge in [-0.15, -0.1) is 0 Å². The molecule has 0 saturated heterocycles. The highest BCUT2D eigenvalue weighted by Crippen LogP contribution is 2.27. The zero-order valence-electron chi connectivity index (χ0n) is 21.7. The molecule has 8 heteroatoms. The molecule has 1 aliphatic heterocycles. The second kappa shape index (κ2) is 12.4. The van der Waals surface area contributed by atoms with E-state index in [1.165, 1.54) is 0 Å². The van der Waals surface area contributed by atoms with Crippen LogP contribution in [-0.2, 0) is 6.42 Å². The third-order valence-electron chi connectivity index (χ3n) is 6.10. The number of pyridine rings is 1. The van der Waals surface area contributed by atoms with Crippen molar-refractivity contribution in [3.8, 4) is 17.7 Å². The van der Waals surface area contributed by atoms with Crippen molar-refractivity contribution < 1.29 is 19.4 Å². The number of carbonyl (C=O) groups is 2. The molecule has 0 aliphatic carbocycles. The van der Waals surface area contributed by atoms with Gasteiger partial charge in [0.15, 0.2) is 0 Å². The Hall–Kier alpha value is -3.57. The van der Waals surface area contributed by atoms with Crippen molar-refractivity contribution in [3.05, 3.63) is 59.3 Å². The van der Waals surface area contributed by atoms with E-state index in [1.54, 1.807) is 36.0 Å². The summed E-state index contributed by atoms with van der Waals surface area (Å²) in [5.41, 5.74) is 2.01. The van der Waals surface area contributed by atoms with E-state index >= 15 is 0 Å². The van der Waals surface area contributed by atoms with Crippen LogP contribution in [0.3, 0.4) is 0 Å². The Morgan fingerprint density at radius 2 is 2.03 bits per heavy atom. The number of aromatic nitrogens is 1. The van der Waals surface area contributed by atoms with Crippen molar-refractivity contribution in [1.82, 2.24) is 20.1 Å². The second-order valence-corrected chi connectivity index (χ2v) is 9.65. The molecule has 3 atom stereocenters. The maximum Gasteiger partial charge on any atom is 0.317 e. The van der Waals surface area contributed by atoms with Gasteiger partial charge >= 0.3 is 6.03 Å². The van der Waals surface area contributed by atoms with Crippen LogP contribution in [-0.4, -0.2) is 76.8 Å². The van der Waals surface area contributed by atoms with Crippen molar-refractivity contribution in [1.29, 1.82) is 0 Å². The van der Waals surface area contributed by atoms with E-state index in [9.17, 15) is 14.7 Å². The summed E-state index contributed by atoms with van der Waals surface area (Å²) in [4.78, 5) is 33.7. The highest BCUT2D eigenvalue weighted by molar-refractivity contribution is 5.97. The van der Waals surface area contributed by atoms with Gasteiger partial charge in [0, 0.05) is 43.7 Å². The first-order chi connectivity index (χ1) is 17.2. The van der Waals surface area contributed by atoms with Crippen LogP contribution in [0.4, 0.5) is 4.79 Å². The van der Waals surface area contributed by atoms with E-state index in [1.807, 2.05) is 51.1 Å². The van der Waals surface area contributed by atoms with Crippen molar-refractivity contribution >= 4 is 11.9 Å². The van der Waals surface area contributed by atoms with E-state index in [0.717, 1.165) is 5.56 Å². The molecule has 0 radical (unpaired) electrons. The molecule has 3 amide bonds. The van der Waals surface area contributed by atoms with Gasteiger partial charge in [0.1, 0.15) is 11.7 Å². The van der Waals surface area contributed by atoms with Crippen LogP contribution in [0.5, 0.6) is 5.88 Å². The predicted octanol–water partition coefficient (Wildman–Crippen LogP) is 2.95. The number of rotatable bonds is 6. The molecule has 36 heavy (non-hydrogen) atoms. The lowest BCUT2D eigenvalue weighted by molar-refractivity contribution is 0.0351. The number of urea groups is 1. The Kier molecular flexibility index (Phi) is 9.31. The fraction of sp³-hybridized carbons (Fsp3) is 0.464. The molecule has 0 spiro atoms. The quantitative estimate of drug-likeness (QED) is 0.605. The van der Waals surface area contributed by atoms with Gasteiger partial charge in [-0.3, -0.25) is 4.79 Å². The minimum absolute atomic E-state index is 0.0120. The van der Waals surface area contributed by atoms with Gasteiger partial charge in [-0.2, -0.15) is 0 Å². The fourth-order valence-electron chi connectivity index (χ4n) is 3.94. The molecule has 1 aromatic carbocycles. The third kappa shape index (κ3) is 6.98. The average Bonchev–Trinajstić information content (AvgIpc) is 2.86. The zero-order chi connectivity index (χ0) is 26.2. The topological polar surface area (TPSA) is 95.0 Å². The van der Waals surface area contributed by atoms with Crippen LogP contribution in [0.25, 0.3) is 0 Å². The first kappa shape index (κ1) is 27.0. The molecule has 3 rings (SSSR count). The molecule has 2 N–H and O–H groups in total. The SMILES string of the molecule is CC(C)NC(=O)N(C)C[C@H]1Oc2ncc(C#CCc3ccccc3)cc2C(=O)N([C@@H](C)CO)C[C@H]1C. The number of ether oxygens (including phenoxy) is 1. The van der Waals surface area contributed by atoms with Crippen molar-refractivity contribution in [2.45, 2.75) is 52.3 Å². The van der Waals surface area contributed by atoms with Gasteiger partial charge in [-0.05, 0) is 32.4 Å². The average molecular weight is 493 g/mol. The largest absolute Gasteiger partial charge is 0.472 e. The van der Waals surface area contributed by atoms with Crippen LogP contribution in [0, 0.1) is 17.8 Å². The van der Waals surface area contributed by atoms with E-state index in [-0.39, 0.29) is 42.4 Å². The summed E-state index contributed by atoms with van der Waals surface area (Å²) in [6.07, 6.45) is 1.78. The summed E-state index contributed by atoms with van der Waals surface area (Å²) in [7, 11) is 1.71. The van der Waals surface area contributed by atoms with E-state index in [4.69, 9.17) is 4.74 Å². The summed E-state index contributed by atoms with van der Waals surface area (Å²) >= 11 is 0. The zero-order valence-corrected chi connectivity index (χ0v) is 21.7. The summed E-state index contributed by atoms with van der Waals surface area (Å²) in [6, 6.07) is 11.1. The Morgan fingerprint density at radius 3 is 2.69 bits per heavy atom. The number of hydrogen-bond donors (Lipinski definition) is 2. The molecule has 2 heterocycles. The number of aliphatic hydroxyl groups is 1. The lowest BCUT2D eigenvalue weighted by Gasteiger charge is -2.37. The van der Waals surface area contributed by atoms with Crippen molar-refractivity contribution in [2.75, 3.05) is 26.7 Å². The summed E-state index contributed by atoms with van der Waals surface area (Å²) in [5.74, 6) is 6.06. The molecular formula is C28H36N4O4. The van der Waals surface area contributed by atoms with Crippen molar-refractivity contribution in [2.24, 2.45) is 5.92 Å². The number of amides is 3. The fourth-order valence-corrected chi connectivity index (χ4v) is 3.94. The summed E-state index contributed by atoms with van der Waals surface area (Å²) < 4.78 is 6.24. The van der Waals surface area contributed by atoms with E-state index < -0.39 is 6.10 Å². The van der Waals surface area contributed by atoms with E-state index in [0.29, 0.717) is 30.6 Å². The molecule has 0 bridgehead atoms. The van der Waals surface area contributed by atoms with E-state index in [2.05, 4.69) is 22.1 Å². The van der Waals surface area contributed by atoms with Crippen LogP contribution in [0.15, 0.2) is 42.6 Å². The predicted molar refractivity (Wildman–Crippen MR) is 139 cm³/mol. The lowest BCUT2D eigenvalue weighted by Crippen LogP contribution is -2.51. The molecule has 0 saturated carbocycles. The number of nitrogens with zero attached hydrogens (tertiary/aromatic N) is 3. The normalized spacial score (nSPS) is 18.2. The minimum Gasteiger partial charge on any atom is -0.472 e. The standard InChI is InChI=1S/C28H36N4O4/c1-19(2)30-28(35)31(5)17-25-20(3)16-32(21(4)18-33)27(34)24-14-23(15-29-26(24)36-25)13-9-12-22-10-7-6-8-11-22/h6-8,10-11,14-15,19-21,25,33H,12,16-18H2,1-5H3,(H,30,35)/t20-,21+,25-/m1/s1. The number of nitrogens with one attached hydrogen (secondary N) is 1. The third-order valence-corrected chi connectivity index (χ3v) is 6.10. The van der Waals surface area contributed by atoms with Gasteiger partial charge in [-0.1, -0.05) is 49.1 Å². The summed E-state index contributed by atoms with van der Waals surface area (Å²) in [5, 5.41) is 12.7. The lowest BCUT2D eigenvalue weighted by atomic mass is 10.00. The number of fused-ring (bicyclic) bond motifs is 1. The number of carbonyl (C=O) groups excluding carboxylic acids is 2. The highest BCUT2D eigenvalue weighted by atomic mass is 16.5. The molecular weight excluding hydrogens is 456 g/mol. The van der Waals surface area contributed by atoms with Crippen LogP contribution in [0.2, 0.25) is 0 Å². The van der Waals surface area contributed by atoms with Crippen LogP contribution >= 0.6 is 0 Å². The monoisotopic (exact) mass is 492 g/mol. The smallest absolute Gasteiger partial charge is 0.317 e. The molecule has 1 aromatic heterocycles. The number of benzene rings is 1. The van der Waals surface area contributed by atoms with Gasteiger partial charge in [0.05, 0.1) is 19.2 Å². The Morgan fingerprint density at radius 1 is 1.31 bits per heavy atom. The van der Waals surface area contributed by atoms with Gasteiger partial charge in [0.2, 0.25) is 5.88 Å². The molecule has 1 aliphatic rings. The van der Waals surface area contributed by atoms with Gasteiger partial charge in [-0.25, -0.2) is 9.78 Å². The second-order valence-electron chi connectivity index (χ2n) is 9.65.